The van der Waals surface area contributed by atoms with Gasteiger partial charge in [-0.3, -0.25) is 0 Å². The summed E-state index contributed by atoms with van der Waals surface area (Å²) in [6, 6.07) is 13.0. The summed E-state index contributed by atoms with van der Waals surface area (Å²) >= 11 is 1.23. The number of halogens is 1. The lowest BCUT2D eigenvalue weighted by Gasteiger charge is -2.03. The molecular formula is C19H16FNO3S. The molecule has 0 spiro atoms. The average molecular weight is 357 g/mol. The van der Waals surface area contributed by atoms with Gasteiger partial charge in [0.15, 0.2) is 0 Å². The molecule has 25 heavy (non-hydrogen) atoms. The monoisotopic (exact) mass is 357 g/mol. The van der Waals surface area contributed by atoms with Gasteiger partial charge >= 0.3 is 5.97 Å². The van der Waals surface area contributed by atoms with Crippen molar-refractivity contribution in [1.29, 1.82) is 0 Å². The number of esters is 1. The predicted octanol–water partition coefficient (Wildman–Crippen LogP) is 4.70. The maximum atomic E-state index is 12.9. The van der Waals surface area contributed by atoms with Gasteiger partial charge in [0.25, 0.3) is 0 Å². The van der Waals surface area contributed by atoms with Crippen LogP contribution >= 0.6 is 11.3 Å². The lowest BCUT2D eigenvalue weighted by Crippen LogP contribution is -2.07. The van der Waals surface area contributed by atoms with Gasteiger partial charge in [0.1, 0.15) is 33.8 Å². The van der Waals surface area contributed by atoms with E-state index in [-0.39, 0.29) is 18.2 Å². The second kappa shape index (κ2) is 7.44. The summed E-state index contributed by atoms with van der Waals surface area (Å²) in [6.07, 6.45) is 0. The molecule has 6 heteroatoms. The first-order chi connectivity index (χ1) is 12.0. The molecule has 0 aliphatic carbocycles. The number of carbonyl (C=O) groups excluding carboxylic acids is 1. The van der Waals surface area contributed by atoms with Crippen molar-refractivity contribution in [2.24, 2.45) is 0 Å². The molecule has 0 aliphatic heterocycles. The third-order valence-electron chi connectivity index (χ3n) is 3.43. The standard InChI is InChI=1S/C19H16FNO3S/c1-12-3-7-15(8-4-12)23-11-17-21-13(2)18(25-17)19(22)24-16-9-5-14(20)6-10-16/h3-10H,11H2,1-2H3. The van der Waals surface area contributed by atoms with Crippen LogP contribution in [-0.2, 0) is 6.61 Å². The van der Waals surface area contributed by atoms with E-state index in [1.54, 1.807) is 6.92 Å². The molecular weight excluding hydrogens is 341 g/mol. The fraction of sp³-hybridized carbons (Fsp3) is 0.158. The Morgan fingerprint density at radius 1 is 1.04 bits per heavy atom. The SMILES string of the molecule is Cc1ccc(OCc2nc(C)c(C(=O)Oc3ccc(F)cc3)s2)cc1. The summed E-state index contributed by atoms with van der Waals surface area (Å²) in [7, 11) is 0. The van der Waals surface area contributed by atoms with Gasteiger partial charge in [-0.05, 0) is 50.2 Å². The number of aryl methyl sites for hydroxylation is 2. The van der Waals surface area contributed by atoms with Gasteiger partial charge in [0.05, 0.1) is 5.69 Å². The molecule has 0 aliphatic rings. The second-order valence-corrected chi connectivity index (χ2v) is 6.55. The van der Waals surface area contributed by atoms with E-state index in [1.165, 1.54) is 35.6 Å². The van der Waals surface area contributed by atoms with Crippen LogP contribution < -0.4 is 9.47 Å². The molecule has 0 fully saturated rings. The Kier molecular flexibility index (Phi) is 5.09. The van der Waals surface area contributed by atoms with E-state index < -0.39 is 5.97 Å². The van der Waals surface area contributed by atoms with Crippen molar-refractivity contribution in [2.75, 3.05) is 0 Å². The van der Waals surface area contributed by atoms with Crippen LogP contribution in [0.4, 0.5) is 4.39 Å². The minimum absolute atomic E-state index is 0.276. The van der Waals surface area contributed by atoms with E-state index >= 15 is 0 Å². The highest BCUT2D eigenvalue weighted by Crippen LogP contribution is 2.23. The van der Waals surface area contributed by atoms with E-state index in [0.29, 0.717) is 15.6 Å². The smallest absolute Gasteiger partial charge is 0.355 e. The number of ether oxygens (including phenoxy) is 2. The van der Waals surface area contributed by atoms with Crippen LogP contribution in [0.15, 0.2) is 48.5 Å². The maximum absolute atomic E-state index is 12.9. The number of carbonyl (C=O) groups is 1. The zero-order chi connectivity index (χ0) is 17.8. The molecule has 3 rings (SSSR count). The molecule has 0 saturated carbocycles. The van der Waals surface area contributed by atoms with Gasteiger partial charge in [-0.15, -0.1) is 11.3 Å². The number of thiazole rings is 1. The zero-order valence-corrected chi connectivity index (χ0v) is 14.6. The highest BCUT2D eigenvalue weighted by molar-refractivity contribution is 7.13. The summed E-state index contributed by atoms with van der Waals surface area (Å²) < 4.78 is 23.8. The Morgan fingerprint density at radius 3 is 2.36 bits per heavy atom. The first-order valence-electron chi connectivity index (χ1n) is 7.65. The van der Waals surface area contributed by atoms with E-state index in [1.807, 2.05) is 31.2 Å². The average Bonchev–Trinajstić information content (AvgIpc) is 2.97. The fourth-order valence-electron chi connectivity index (χ4n) is 2.14. The van der Waals surface area contributed by atoms with Crippen LogP contribution in [0.5, 0.6) is 11.5 Å². The van der Waals surface area contributed by atoms with Crippen LogP contribution in [0.25, 0.3) is 0 Å². The van der Waals surface area contributed by atoms with Gasteiger partial charge in [-0.25, -0.2) is 14.2 Å². The van der Waals surface area contributed by atoms with E-state index in [0.717, 1.165) is 11.3 Å². The molecule has 1 aromatic heterocycles. The minimum atomic E-state index is -0.511. The molecule has 3 aromatic rings. The third kappa shape index (κ3) is 4.42. The Labute approximate surface area is 148 Å². The van der Waals surface area contributed by atoms with Crippen LogP contribution in [0.3, 0.4) is 0 Å². The Balaban J connectivity index is 1.65. The molecule has 0 bridgehead atoms. The minimum Gasteiger partial charge on any atom is -0.486 e. The predicted molar refractivity (Wildman–Crippen MR) is 93.7 cm³/mol. The van der Waals surface area contributed by atoms with Crippen LogP contribution in [-0.4, -0.2) is 11.0 Å². The molecule has 0 N–H and O–H groups in total. The number of rotatable bonds is 5. The first kappa shape index (κ1) is 17.1. The Bertz CT molecular complexity index is 873. The first-order valence-corrected chi connectivity index (χ1v) is 8.46. The number of benzene rings is 2. The van der Waals surface area contributed by atoms with Crippen molar-refractivity contribution >= 4 is 17.3 Å². The maximum Gasteiger partial charge on any atom is 0.355 e. The third-order valence-corrected chi connectivity index (χ3v) is 4.54. The van der Waals surface area contributed by atoms with Crippen LogP contribution in [0.2, 0.25) is 0 Å². The largest absolute Gasteiger partial charge is 0.486 e. The quantitative estimate of drug-likeness (QED) is 0.491. The lowest BCUT2D eigenvalue weighted by molar-refractivity contribution is 0.0738. The number of aromatic nitrogens is 1. The van der Waals surface area contributed by atoms with Crippen molar-refractivity contribution in [1.82, 2.24) is 4.98 Å². The molecule has 0 radical (unpaired) electrons. The molecule has 2 aromatic carbocycles. The molecule has 0 unspecified atom stereocenters. The normalized spacial score (nSPS) is 10.5. The van der Waals surface area contributed by atoms with Gasteiger partial charge in [-0.1, -0.05) is 17.7 Å². The van der Waals surface area contributed by atoms with Crippen molar-refractivity contribution in [3.8, 4) is 11.5 Å². The highest BCUT2D eigenvalue weighted by Gasteiger charge is 2.18. The summed E-state index contributed by atoms with van der Waals surface area (Å²) in [6.45, 7) is 4.03. The van der Waals surface area contributed by atoms with Gasteiger partial charge in [0, 0.05) is 0 Å². The zero-order valence-electron chi connectivity index (χ0n) is 13.8. The Hall–Kier alpha value is -2.73. The van der Waals surface area contributed by atoms with Gasteiger partial charge < -0.3 is 9.47 Å². The highest BCUT2D eigenvalue weighted by atomic mass is 32.1. The summed E-state index contributed by atoms with van der Waals surface area (Å²) in [5.41, 5.74) is 1.74. The van der Waals surface area contributed by atoms with Gasteiger partial charge in [-0.2, -0.15) is 0 Å². The van der Waals surface area contributed by atoms with Crippen molar-refractivity contribution in [3.05, 3.63) is 75.5 Å². The fourth-order valence-corrected chi connectivity index (χ4v) is 2.99. The number of hydrogen-bond donors (Lipinski definition) is 0. The van der Waals surface area contributed by atoms with Crippen molar-refractivity contribution in [2.45, 2.75) is 20.5 Å². The molecule has 128 valence electrons. The summed E-state index contributed by atoms with van der Waals surface area (Å²) in [5, 5.41) is 0.684. The molecule has 0 atom stereocenters. The van der Waals surface area contributed by atoms with Crippen molar-refractivity contribution in [3.63, 3.8) is 0 Å². The van der Waals surface area contributed by atoms with Crippen LogP contribution in [0, 0.1) is 19.7 Å². The topological polar surface area (TPSA) is 48.4 Å². The molecule has 1 heterocycles. The summed E-state index contributed by atoms with van der Waals surface area (Å²) in [5.74, 6) is 0.137. The summed E-state index contributed by atoms with van der Waals surface area (Å²) in [4.78, 5) is 17.0. The lowest BCUT2D eigenvalue weighted by atomic mass is 10.2. The Morgan fingerprint density at radius 2 is 1.68 bits per heavy atom. The molecule has 0 amide bonds. The van der Waals surface area contributed by atoms with E-state index in [2.05, 4.69) is 4.98 Å². The second-order valence-electron chi connectivity index (χ2n) is 5.47. The van der Waals surface area contributed by atoms with Crippen LogP contribution in [0.1, 0.15) is 25.9 Å². The van der Waals surface area contributed by atoms with Crippen molar-refractivity contribution < 1.29 is 18.7 Å². The number of nitrogens with zero attached hydrogens (tertiary/aromatic N) is 1. The van der Waals surface area contributed by atoms with Gasteiger partial charge in [0.2, 0.25) is 0 Å². The van der Waals surface area contributed by atoms with E-state index in [4.69, 9.17) is 9.47 Å². The molecule has 4 nitrogen and oxygen atoms in total. The van der Waals surface area contributed by atoms with E-state index in [9.17, 15) is 9.18 Å². The molecule has 0 saturated heterocycles. The number of hydrogen-bond acceptors (Lipinski definition) is 5.